The number of pyridine rings is 1. The van der Waals surface area contributed by atoms with E-state index >= 15 is 0 Å². The number of hydrogen-bond donors (Lipinski definition) is 1. The molecular weight excluding hydrogens is 365 g/mol. The van der Waals surface area contributed by atoms with Crippen LogP contribution in [0.15, 0.2) is 12.3 Å². The molecule has 2 rings (SSSR count). The minimum atomic E-state index is -1.06. The van der Waals surface area contributed by atoms with Crippen LogP contribution in [0.5, 0.6) is 0 Å². The van der Waals surface area contributed by atoms with Gasteiger partial charge in [0.25, 0.3) is 0 Å². The number of ether oxygens (including phenoxy) is 1. The van der Waals surface area contributed by atoms with Gasteiger partial charge in [-0.1, -0.05) is 13.8 Å². The number of rotatable bonds is 7. The lowest BCUT2D eigenvalue weighted by Gasteiger charge is -2.47. The summed E-state index contributed by atoms with van der Waals surface area (Å²) in [5.74, 6) is -1.93. The average Bonchev–Trinajstić information content (AvgIpc) is 2.64. The highest BCUT2D eigenvalue weighted by Crippen LogP contribution is 2.31. The Balaban J connectivity index is 2.38. The number of amides is 1. The van der Waals surface area contributed by atoms with E-state index in [4.69, 9.17) is 4.74 Å². The molecule has 1 saturated heterocycles. The van der Waals surface area contributed by atoms with E-state index in [1.807, 2.05) is 11.8 Å². The van der Waals surface area contributed by atoms with E-state index in [1.54, 1.807) is 40.1 Å². The van der Waals surface area contributed by atoms with Gasteiger partial charge in [0, 0.05) is 45.0 Å². The molecule has 0 unspecified atom stereocenters. The fraction of sp³-hybridized carbons (Fsp3) is 0.650. The van der Waals surface area contributed by atoms with Crippen molar-refractivity contribution in [1.29, 1.82) is 0 Å². The van der Waals surface area contributed by atoms with Gasteiger partial charge in [-0.3, -0.25) is 14.7 Å². The number of aryl methyl sites for hydroxylation is 1. The molecule has 156 valence electrons. The van der Waals surface area contributed by atoms with Gasteiger partial charge in [-0.2, -0.15) is 0 Å². The second kappa shape index (κ2) is 9.43. The van der Waals surface area contributed by atoms with Crippen LogP contribution in [0.2, 0.25) is 0 Å². The Kier molecular flexibility index (Phi) is 7.48. The predicted molar refractivity (Wildman–Crippen MR) is 102 cm³/mol. The van der Waals surface area contributed by atoms with Crippen molar-refractivity contribution < 1.29 is 23.8 Å². The lowest BCUT2D eigenvalue weighted by atomic mass is 9.98. The van der Waals surface area contributed by atoms with E-state index in [0.717, 1.165) is 0 Å². The zero-order valence-corrected chi connectivity index (χ0v) is 17.2. The smallest absolute Gasteiger partial charge is 0.327 e. The van der Waals surface area contributed by atoms with E-state index in [9.17, 15) is 19.1 Å². The van der Waals surface area contributed by atoms with Gasteiger partial charge in [0.2, 0.25) is 5.91 Å². The number of nitrogens with zero attached hydrogens (tertiary/aromatic N) is 3. The second-order valence-electron chi connectivity index (χ2n) is 7.68. The quantitative estimate of drug-likeness (QED) is 0.762. The van der Waals surface area contributed by atoms with Crippen molar-refractivity contribution >= 4 is 11.9 Å². The standard InChI is InChI=1S/C20H30FN3O4/c1-12(2)19(25)24-14(4)10-23(11-16(24)20(26)27)15(7-9-28-5)18-17(21)13(3)6-8-22-18/h6,8,12,14-16H,7,9-11H2,1-5H3,(H,26,27)/t14-,15-,16-/m1/s1. The molecule has 8 heteroatoms. The van der Waals surface area contributed by atoms with Crippen LogP contribution in [-0.4, -0.2) is 70.7 Å². The summed E-state index contributed by atoms with van der Waals surface area (Å²) in [4.78, 5) is 32.1. The molecule has 1 aliphatic heterocycles. The van der Waals surface area contributed by atoms with Crippen molar-refractivity contribution in [2.24, 2.45) is 5.92 Å². The largest absolute Gasteiger partial charge is 0.480 e. The van der Waals surface area contributed by atoms with Gasteiger partial charge in [-0.25, -0.2) is 9.18 Å². The average molecular weight is 395 g/mol. The molecule has 1 amide bonds. The van der Waals surface area contributed by atoms with Crippen LogP contribution in [0.1, 0.15) is 44.5 Å². The van der Waals surface area contributed by atoms with Crippen LogP contribution in [0.4, 0.5) is 4.39 Å². The third kappa shape index (κ3) is 4.67. The third-order valence-electron chi connectivity index (χ3n) is 5.21. The first-order chi connectivity index (χ1) is 13.2. The number of carboxylic acid groups (broad SMARTS) is 1. The zero-order chi connectivity index (χ0) is 21.0. The highest BCUT2D eigenvalue weighted by molar-refractivity contribution is 5.85. The van der Waals surface area contributed by atoms with Crippen LogP contribution >= 0.6 is 0 Å². The number of halogens is 1. The Labute approximate surface area is 165 Å². The monoisotopic (exact) mass is 395 g/mol. The summed E-state index contributed by atoms with van der Waals surface area (Å²) in [7, 11) is 1.57. The van der Waals surface area contributed by atoms with Gasteiger partial charge in [0.15, 0.2) is 0 Å². The number of carbonyl (C=O) groups is 2. The molecule has 0 aromatic carbocycles. The summed E-state index contributed by atoms with van der Waals surface area (Å²) in [6.45, 7) is 7.96. The maximum absolute atomic E-state index is 14.8. The highest BCUT2D eigenvalue weighted by Gasteiger charge is 2.42. The molecule has 28 heavy (non-hydrogen) atoms. The van der Waals surface area contributed by atoms with E-state index < -0.39 is 18.1 Å². The van der Waals surface area contributed by atoms with Crippen molar-refractivity contribution in [2.45, 2.75) is 52.2 Å². The first kappa shape index (κ1) is 22.2. The lowest BCUT2D eigenvalue weighted by Crippen LogP contribution is -2.63. The number of methoxy groups -OCH3 is 1. The number of aromatic nitrogens is 1. The first-order valence-corrected chi connectivity index (χ1v) is 9.58. The van der Waals surface area contributed by atoms with E-state index in [2.05, 4.69) is 4.98 Å². The molecule has 0 aliphatic carbocycles. The summed E-state index contributed by atoms with van der Waals surface area (Å²) in [6, 6.07) is -0.131. The van der Waals surface area contributed by atoms with Crippen LogP contribution in [0.3, 0.4) is 0 Å². The number of aliphatic carboxylic acids is 1. The predicted octanol–water partition coefficient (Wildman–Crippen LogP) is 2.25. The molecule has 1 fully saturated rings. The van der Waals surface area contributed by atoms with E-state index in [0.29, 0.717) is 25.1 Å². The molecule has 0 saturated carbocycles. The maximum Gasteiger partial charge on any atom is 0.327 e. The molecule has 7 nitrogen and oxygen atoms in total. The topological polar surface area (TPSA) is 83.0 Å². The number of carbonyl (C=O) groups excluding carboxylic acids is 1. The Bertz CT molecular complexity index is 713. The third-order valence-corrected chi connectivity index (χ3v) is 5.21. The molecule has 2 heterocycles. The molecule has 3 atom stereocenters. The van der Waals surface area contributed by atoms with Crippen LogP contribution < -0.4 is 0 Å². The first-order valence-electron chi connectivity index (χ1n) is 9.58. The maximum atomic E-state index is 14.8. The van der Waals surface area contributed by atoms with Crippen LogP contribution in [0, 0.1) is 18.7 Å². The van der Waals surface area contributed by atoms with Gasteiger partial charge >= 0.3 is 5.97 Å². The Morgan fingerprint density at radius 1 is 1.39 bits per heavy atom. The summed E-state index contributed by atoms with van der Waals surface area (Å²) in [5, 5.41) is 9.77. The molecule has 1 aromatic heterocycles. The summed E-state index contributed by atoms with van der Waals surface area (Å²) < 4.78 is 20.0. The Morgan fingerprint density at radius 2 is 2.07 bits per heavy atom. The van der Waals surface area contributed by atoms with Crippen LogP contribution in [-0.2, 0) is 14.3 Å². The molecule has 1 aromatic rings. The van der Waals surface area contributed by atoms with Crippen molar-refractivity contribution in [2.75, 3.05) is 26.8 Å². The fourth-order valence-corrected chi connectivity index (χ4v) is 3.75. The van der Waals surface area contributed by atoms with Crippen molar-refractivity contribution in [1.82, 2.24) is 14.8 Å². The van der Waals surface area contributed by atoms with Gasteiger partial charge in [0.05, 0.1) is 11.7 Å². The summed E-state index contributed by atoms with van der Waals surface area (Å²) in [6.07, 6.45) is 2.03. The lowest BCUT2D eigenvalue weighted by molar-refractivity contribution is -0.159. The number of hydrogen-bond acceptors (Lipinski definition) is 5. The molecule has 1 N–H and O–H groups in total. The van der Waals surface area contributed by atoms with Crippen molar-refractivity contribution in [3.05, 3.63) is 29.3 Å². The van der Waals surface area contributed by atoms with Crippen molar-refractivity contribution in [3.63, 3.8) is 0 Å². The molecule has 0 bridgehead atoms. The van der Waals surface area contributed by atoms with Crippen LogP contribution in [0.25, 0.3) is 0 Å². The van der Waals surface area contributed by atoms with Gasteiger partial charge in [-0.05, 0) is 31.9 Å². The molecule has 0 radical (unpaired) electrons. The molecule has 1 aliphatic rings. The highest BCUT2D eigenvalue weighted by atomic mass is 19.1. The SMILES string of the molecule is COCC[C@H](c1nccc(C)c1F)N1C[C@@H](C)N(C(=O)C(C)C)[C@@H](C(=O)O)C1. The second-order valence-corrected chi connectivity index (χ2v) is 7.68. The number of carboxylic acids is 1. The minimum absolute atomic E-state index is 0.113. The minimum Gasteiger partial charge on any atom is -0.480 e. The molecular formula is C20H30FN3O4. The van der Waals surface area contributed by atoms with E-state index in [1.165, 1.54) is 4.90 Å². The Hall–Kier alpha value is -2.06. The molecule has 0 spiro atoms. The van der Waals surface area contributed by atoms with Gasteiger partial charge < -0.3 is 14.7 Å². The normalized spacial score (nSPS) is 21.8. The Morgan fingerprint density at radius 3 is 2.64 bits per heavy atom. The van der Waals surface area contributed by atoms with Gasteiger partial charge in [0.1, 0.15) is 11.9 Å². The van der Waals surface area contributed by atoms with E-state index in [-0.39, 0.29) is 35.9 Å². The van der Waals surface area contributed by atoms with Gasteiger partial charge in [-0.15, -0.1) is 0 Å². The summed E-state index contributed by atoms with van der Waals surface area (Å²) in [5.41, 5.74) is 0.779. The van der Waals surface area contributed by atoms with Crippen molar-refractivity contribution in [3.8, 4) is 0 Å². The summed E-state index contributed by atoms with van der Waals surface area (Å²) >= 11 is 0. The number of piperazine rings is 1. The zero-order valence-electron chi connectivity index (χ0n) is 17.2. The fourth-order valence-electron chi connectivity index (χ4n) is 3.75.